The third-order valence-electron chi connectivity index (χ3n) is 4.69. The largest absolute Gasteiger partial charge is 0.474 e. The van der Waals surface area contributed by atoms with Crippen LogP contribution in [-0.4, -0.2) is 61.0 Å². The van der Waals surface area contributed by atoms with E-state index in [0.717, 1.165) is 25.3 Å². The first-order valence-electron chi connectivity index (χ1n) is 8.37. The van der Waals surface area contributed by atoms with E-state index in [4.69, 9.17) is 4.74 Å². The summed E-state index contributed by atoms with van der Waals surface area (Å²) in [4.78, 5) is 41.9. The number of amides is 3. The van der Waals surface area contributed by atoms with Gasteiger partial charge in [0, 0.05) is 26.1 Å². The lowest BCUT2D eigenvalue weighted by molar-refractivity contribution is -0.134. The minimum atomic E-state index is -0.721. The van der Waals surface area contributed by atoms with Crippen molar-refractivity contribution >= 4 is 35.8 Å². The van der Waals surface area contributed by atoms with Gasteiger partial charge in [-0.05, 0) is 18.6 Å². The Kier molecular flexibility index (Phi) is 5.28. The van der Waals surface area contributed by atoms with E-state index in [1.165, 1.54) is 0 Å². The SMILES string of the molecule is Cl.O=C1CC[C@H](NC(=O)c2ccc3c(n2)OC[C@@H]2CNCCN32)C(=O)N1. The molecule has 3 N–H and O–H groups in total. The van der Waals surface area contributed by atoms with Gasteiger partial charge >= 0.3 is 0 Å². The molecule has 0 spiro atoms. The summed E-state index contributed by atoms with van der Waals surface area (Å²) in [6, 6.07) is 3.01. The molecule has 3 aliphatic heterocycles. The molecule has 2 fully saturated rings. The van der Waals surface area contributed by atoms with E-state index in [0.29, 0.717) is 18.9 Å². The summed E-state index contributed by atoms with van der Waals surface area (Å²) < 4.78 is 5.71. The summed E-state index contributed by atoms with van der Waals surface area (Å²) in [6.07, 6.45) is 0.502. The fraction of sp³-hybridized carbons (Fsp3) is 0.500. The van der Waals surface area contributed by atoms with Crippen LogP contribution in [0.2, 0.25) is 0 Å². The molecule has 4 rings (SSSR count). The van der Waals surface area contributed by atoms with Gasteiger partial charge in [0.1, 0.15) is 24.0 Å². The molecule has 1 aromatic rings. The van der Waals surface area contributed by atoms with Gasteiger partial charge in [-0.3, -0.25) is 19.7 Å². The van der Waals surface area contributed by atoms with Gasteiger partial charge in [-0.25, -0.2) is 4.98 Å². The number of piperazine rings is 1. The van der Waals surface area contributed by atoms with Crippen molar-refractivity contribution in [2.75, 3.05) is 31.1 Å². The van der Waals surface area contributed by atoms with Gasteiger partial charge in [0.15, 0.2) is 0 Å². The van der Waals surface area contributed by atoms with E-state index in [-0.39, 0.29) is 36.5 Å². The number of ether oxygens (including phenoxy) is 1. The summed E-state index contributed by atoms with van der Waals surface area (Å²) in [7, 11) is 0. The van der Waals surface area contributed by atoms with Crippen molar-refractivity contribution in [1.82, 2.24) is 20.9 Å². The molecule has 3 amide bonds. The lowest BCUT2D eigenvalue weighted by atomic mass is 10.1. The van der Waals surface area contributed by atoms with Crippen molar-refractivity contribution in [3.63, 3.8) is 0 Å². The first-order chi connectivity index (χ1) is 12.1. The van der Waals surface area contributed by atoms with Gasteiger partial charge in [0.05, 0.1) is 6.04 Å². The van der Waals surface area contributed by atoms with Crippen molar-refractivity contribution in [2.45, 2.75) is 24.9 Å². The number of fused-ring (bicyclic) bond motifs is 3. The van der Waals surface area contributed by atoms with E-state index in [2.05, 4.69) is 25.8 Å². The van der Waals surface area contributed by atoms with Crippen molar-refractivity contribution in [1.29, 1.82) is 0 Å². The highest BCUT2D eigenvalue weighted by atomic mass is 35.5. The maximum Gasteiger partial charge on any atom is 0.270 e. The topological polar surface area (TPSA) is 113 Å². The molecule has 0 aromatic carbocycles. The molecule has 0 radical (unpaired) electrons. The highest BCUT2D eigenvalue weighted by Gasteiger charge is 2.32. The molecule has 0 saturated carbocycles. The van der Waals surface area contributed by atoms with Crippen LogP contribution in [0.3, 0.4) is 0 Å². The molecule has 0 aliphatic carbocycles. The first kappa shape index (κ1) is 18.4. The number of halogens is 1. The van der Waals surface area contributed by atoms with Crippen LogP contribution in [0.25, 0.3) is 0 Å². The Labute approximate surface area is 156 Å². The van der Waals surface area contributed by atoms with Crippen molar-refractivity contribution in [2.24, 2.45) is 0 Å². The number of rotatable bonds is 2. The van der Waals surface area contributed by atoms with Gasteiger partial charge in [-0.15, -0.1) is 12.4 Å². The Morgan fingerprint density at radius 1 is 1.35 bits per heavy atom. The number of pyridine rings is 1. The van der Waals surface area contributed by atoms with Crippen LogP contribution in [0, 0.1) is 0 Å². The van der Waals surface area contributed by atoms with E-state index in [1.807, 2.05) is 6.07 Å². The predicted molar refractivity (Wildman–Crippen MR) is 94.6 cm³/mol. The van der Waals surface area contributed by atoms with Gasteiger partial charge in [0.25, 0.3) is 5.91 Å². The minimum Gasteiger partial charge on any atom is -0.474 e. The second kappa shape index (κ2) is 7.46. The monoisotopic (exact) mass is 381 g/mol. The van der Waals surface area contributed by atoms with Crippen LogP contribution >= 0.6 is 12.4 Å². The quantitative estimate of drug-likeness (QED) is 0.575. The molecule has 0 bridgehead atoms. The molecular formula is C16H20ClN5O4. The summed E-state index contributed by atoms with van der Waals surface area (Å²) in [5.74, 6) is -0.818. The predicted octanol–water partition coefficient (Wildman–Crippen LogP) is -0.791. The number of nitrogens with zero attached hydrogens (tertiary/aromatic N) is 2. The number of nitrogens with one attached hydrogen (secondary N) is 3. The third kappa shape index (κ3) is 3.45. The van der Waals surface area contributed by atoms with E-state index < -0.39 is 17.9 Å². The van der Waals surface area contributed by atoms with E-state index >= 15 is 0 Å². The molecule has 1 aromatic heterocycles. The second-order valence-electron chi connectivity index (χ2n) is 6.36. The lowest BCUT2D eigenvalue weighted by Gasteiger charge is -2.41. The van der Waals surface area contributed by atoms with Gasteiger partial charge in [-0.2, -0.15) is 0 Å². The maximum absolute atomic E-state index is 12.4. The highest BCUT2D eigenvalue weighted by molar-refractivity contribution is 6.03. The van der Waals surface area contributed by atoms with Gasteiger partial charge in [-0.1, -0.05) is 0 Å². The fourth-order valence-corrected chi connectivity index (χ4v) is 3.35. The number of carbonyl (C=O) groups is 3. The van der Waals surface area contributed by atoms with Crippen molar-refractivity contribution in [3.05, 3.63) is 17.8 Å². The lowest BCUT2D eigenvalue weighted by Crippen LogP contribution is -2.56. The number of hydrogen-bond acceptors (Lipinski definition) is 7. The Balaban J connectivity index is 0.00000196. The Hall–Kier alpha value is -2.39. The summed E-state index contributed by atoms with van der Waals surface area (Å²) >= 11 is 0. The smallest absolute Gasteiger partial charge is 0.270 e. The first-order valence-corrected chi connectivity index (χ1v) is 8.37. The average molecular weight is 382 g/mol. The Morgan fingerprint density at radius 3 is 3.00 bits per heavy atom. The molecule has 0 unspecified atom stereocenters. The molecule has 3 aliphatic rings. The van der Waals surface area contributed by atoms with Gasteiger partial charge in [0.2, 0.25) is 17.7 Å². The van der Waals surface area contributed by atoms with Crippen LogP contribution in [0.15, 0.2) is 12.1 Å². The zero-order chi connectivity index (χ0) is 17.4. The zero-order valence-corrected chi connectivity index (χ0v) is 14.8. The zero-order valence-electron chi connectivity index (χ0n) is 14.0. The average Bonchev–Trinajstić information content (AvgIpc) is 2.63. The van der Waals surface area contributed by atoms with Crippen LogP contribution in [-0.2, 0) is 9.59 Å². The molecular weight excluding hydrogens is 362 g/mol. The molecule has 2 saturated heterocycles. The normalized spacial score (nSPS) is 24.4. The van der Waals surface area contributed by atoms with Crippen molar-refractivity contribution < 1.29 is 19.1 Å². The number of carbonyl (C=O) groups excluding carboxylic acids is 3. The minimum absolute atomic E-state index is 0. The van der Waals surface area contributed by atoms with E-state index in [1.54, 1.807) is 6.07 Å². The molecule has 9 nitrogen and oxygen atoms in total. The summed E-state index contributed by atoms with van der Waals surface area (Å²) in [5, 5.41) is 8.17. The van der Waals surface area contributed by atoms with Crippen molar-refractivity contribution in [3.8, 4) is 5.88 Å². The number of anilines is 1. The molecule has 2 atom stereocenters. The second-order valence-corrected chi connectivity index (χ2v) is 6.36. The van der Waals surface area contributed by atoms with Crippen LogP contribution in [0.1, 0.15) is 23.3 Å². The number of piperidine rings is 1. The maximum atomic E-state index is 12.4. The van der Waals surface area contributed by atoms with Crippen LogP contribution in [0.5, 0.6) is 5.88 Å². The summed E-state index contributed by atoms with van der Waals surface area (Å²) in [5.41, 5.74) is 1.08. The molecule has 140 valence electrons. The number of aromatic nitrogens is 1. The van der Waals surface area contributed by atoms with Crippen LogP contribution in [0.4, 0.5) is 5.69 Å². The van der Waals surface area contributed by atoms with E-state index in [9.17, 15) is 14.4 Å². The molecule has 10 heteroatoms. The number of imide groups is 1. The Bertz CT molecular complexity index is 743. The fourth-order valence-electron chi connectivity index (χ4n) is 3.35. The molecule has 4 heterocycles. The highest BCUT2D eigenvalue weighted by Crippen LogP contribution is 2.32. The number of hydrogen-bond donors (Lipinski definition) is 3. The molecule has 26 heavy (non-hydrogen) atoms. The Morgan fingerprint density at radius 2 is 2.19 bits per heavy atom. The summed E-state index contributed by atoms with van der Waals surface area (Å²) in [6.45, 7) is 3.14. The van der Waals surface area contributed by atoms with Crippen LogP contribution < -0.4 is 25.6 Å². The third-order valence-corrected chi connectivity index (χ3v) is 4.69. The standard InChI is InChI=1S/C16H19N5O4.ClH/c22-13-4-2-10(15(24)20-13)18-14(23)11-1-3-12-16(19-11)25-8-9-7-17-5-6-21(9)12;/h1,3,9-10,17H,2,4-8H2,(H,18,23)(H,20,22,24);1H/t9-,10-;/m0./s1. The van der Waals surface area contributed by atoms with Gasteiger partial charge < -0.3 is 20.3 Å².